The van der Waals surface area contributed by atoms with Crippen molar-refractivity contribution in [3.05, 3.63) is 35.4 Å². The number of aliphatic hydroxyl groups is 2. The molecular formula is C13H15NO5. The first-order valence-corrected chi connectivity index (χ1v) is 5.92. The summed E-state index contributed by atoms with van der Waals surface area (Å²) in [6.45, 7) is -0.196. The Morgan fingerprint density at radius 1 is 1.53 bits per heavy atom. The molecule has 0 spiro atoms. The van der Waals surface area contributed by atoms with Crippen molar-refractivity contribution in [2.75, 3.05) is 13.2 Å². The van der Waals surface area contributed by atoms with Crippen molar-refractivity contribution in [1.29, 1.82) is 0 Å². The molecule has 6 heteroatoms. The van der Waals surface area contributed by atoms with Crippen LogP contribution < -0.4 is 0 Å². The average Bonchev–Trinajstić information content (AvgIpc) is 2.82. The molecule has 0 aliphatic carbocycles. The molecule has 1 aromatic carbocycles. The Morgan fingerprint density at radius 3 is 2.95 bits per heavy atom. The summed E-state index contributed by atoms with van der Waals surface area (Å²) in [5.74, 6) is -0.594. The lowest BCUT2D eigenvalue weighted by molar-refractivity contribution is -0.206. The van der Waals surface area contributed by atoms with E-state index in [4.69, 9.17) is 9.94 Å². The van der Waals surface area contributed by atoms with Gasteiger partial charge in [-0.2, -0.15) is 5.06 Å². The minimum Gasteiger partial charge on any atom is -0.394 e. The normalized spacial score (nSPS) is 20.0. The lowest BCUT2D eigenvalue weighted by atomic mass is 10.0. The molecule has 0 amide bonds. The van der Waals surface area contributed by atoms with E-state index in [0.717, 1.165) is 11.1 Å². The van der Waals surface area contributed by atoms with Crippen LogP contribution in [0.1, 0.15) is 17.2 Å². The van der Waals surface area contributed by atoms with Gasteiger partial charge in [0.2, 0.25) is 5.78 Å². The third-order valence-corrected chi connectivity index (χ3v) is 2.99. The molecule has 0 fully saturated rings. The number of aldehydes is 1. The van der Waals surface area contributed by atoms with Gasteiger partial charge in [-0.05, 0) is 11.1 Å². The van der Waals surface area contributed by atoms with E-state index in [1.54, 1.807) is 12.1 Å². The lowest BCUT2D eigenvalue weighted by Gasteiger charge is -2.22. The van der Waals surface area contributed by atoms with Gasteiger partial charge in [-0.25, -0.2) is 0 Å². The SMILES string of the molecule is O=CC(=O)C1c2ccccc2CN1OCC(O)CO. The fourth-order valence-corrected chi connectivity index (χ4v) is 2.07. The molecule has 1 aliphatic rings. The van der Waals surface area contributed by atoms with Crippen LogP contribution in [0.25, 0.3) is 0 Å². The Hall–Kier alpha value is -1.60. The zero-order valence-corrected chi connectivity index (χ0v) is 10.2. The summed E-state index contributed by atoms with van der Waals surface area (Å²) in [5.41, 5.74) is 1.64. The number of hydrogen-bond acceptors (Lipinski definition) is 6. The van der Waals surface area contributed by atoms with Crippen molar-refractivity contribution in [1.82, 2.24) is 5.06 Å². The molecule has 2 unspecified atom stereocenters. The van der Waals surface area contributed by atoms with E-state index in [9.17, 15) is 14.7 Å². The smallest absolute Gasteiger partial charge is 0.219 e. The first-order valence-electron chi connectivity index (χ1n) is 5.92. The quantitative estimate of drug-likeness (QED) is 0.537. The number of benzene rings is 1. The van der Waals surface area contributed by atoms with Gasteiger partial charge in [-0.1, -0.05) is 24.3 Å². The number of nitrogens with zero attached hydrogens (tertiary/aromatic N) is 1. The fraction of sp³-hybridized carbons (Fsp3) is 0.385. The topological polar surface area (TPSA) is 87.1 Å². The van der Waals surface area contributed by atoms with E-state index in [1.165, 1.54) is 5.06 Å². The second-order valence-corrected chi connectivity index (χ2v) is 4.33. The number of fused-ring (bicyclic) bond motifs is 1. The second-order valence-electron chi connectivity index (χ2n) is 4.33. The molecule has 1 heterocycles. The summed E-state index contributed by atoms with van der Waals surface area (Å²) in [4.78, 5) is 27.7. The van der Waals surface area contributed by atoms with E-state index in [0.29, 0.717) is 6.54 Å². The lowest BCUT2D eigenvalue weighted by Crippen LogP contribution is -2.33. The fourth-order valence-electron chi connectivity index (χ4n) is 2.07. The first-order chi connectivity index (χ1) is 9.17. The Labute approximate surface area is 110 Å². The third-order valence-electron chi connectivity index (χ3n) is 2.99. The van der Waals surface area contributed by atoms with Crippen molar-refractivity contribution < 1.29 is 24.6 Å². The number of carbonyl (C=O) groups is 2. The van der Waals surface area contributed by atoms with E-state index in [-0.39, 0.29) is 12.9 Å². The van der Waals surface area contributed by atoms with Crippen molar-refractivity contribution >= 4 is 12.1 Å². The minimum absolute atomic E-state index is 0.132. The van der Waals surface area contributed by atoms with Crippen molar-refractivity contribution in [2.45, 2.75) is 18.7 Å². The highest BCUT2D eigenvalue weighted by molar-refractivity contribution is 6.27. The number of ketones is 1. The largest absolute Gasteiger partial charge is 0.394 e. The van der Waals surface area contributed by atoms with Crippen LogP contribution in [-0.4, -0.2) is 46.7 Å². The summed E-state index contributed by atoms with van der Waals surface area (Å²) < 4.78 is 0. The maximum Gasteiger partial charge on any atom is 0.219 e. The highest BCUT2D eigenvalue weighted by Crippen LogP contribution is 2.33. The summed E-state index contributed by atoms with van der Waals surface area (Å²) >= 11 is 0. The summed E-state index contributed by atoms with van der Waals surface area (Å²) in [5, 5.41) is 19.4. The average molecular weight is 265 g/mol. The van der Waals surface area contributed by atoms with Crippen LogP contribution in [0.15, 0.2) is 24.3 Å². The monoisotopic (exact) mass is 265 g/mol. The molecule has 102 valence electrons. The van der Waals surface area contributed by atoms with Gasteiger partial charge in [-0.15, -0.1) is 0 Å². The number of hydroxylamine groups is 2. The second kappa shape index (κ2) is 6.03. The van der Waals surface area contributed by atoms with Crippen LogP contribution in [0, 0.1) is 0 Å². The molecule has 2 rings (SSSR count). The van der Waals surface area contributed by atoms with Gasteiger partial charge in [0, 0.05) is 0 Å². The standard InChI is InChI=1S/C13H15NO5/c15-6-10(17)8-19-14-5-9-3-1-2-4-11(9)13(14)12(18)7-16/h1-4,7,10,13,15,17H,5-6,8H2. The number of rotatable bonds is 6. The van der Waals surface area contributed by atoms with Gasteiger partial charge in [0.25, 0.3) is 0 Å². The summed E-state index contributed by atoms with van der Waals surface area (Å²) in [6.07, 6.45) is -0.748. The summed E-state index contributed by atoms with van der Waals surface area (Å²) in [7, 11) is 0. The van der Waals surface area contributed by atoms with Crippen LogP contribution in [-0.2, 0) is 21.0 Å². The molecule has 1 aliphatic heterocycles. The molecule has 0 saturated carbocycles. The number of carbonyl (C=O) groups excluding carboxylic acids is 2. The first kappa shape index (κ1) is 13.8. The molecule has 1 aromatic rings. The van der Waals surface area contributed by atoms with E-state index in [1.807, 2.05) is 12.1 Å². The molecular weight excluding hydrogens is 250 g/mol. The maximum atomic E-state index is 11.7. The minimum atomic E-state index is -1.02. The number of aliphatic hydroxyl groups excluding tert-OH is 2. The molecule has 2 N–H and O–H groups in total. The van der Waals surface area contributed by atoms with E-state index < -0.39 is 24.5 Å². The van der Waals surface area contributed by atoms with Gasteiger partial charge in [0.05, 0.1) is 19.8 Å². The number of Topliss-reactive ketones (excluding diaryl/α,β-unsaturated/α-hetero) is 1. The Balaban J connectivity index is 2.16. The van der Waals surface area contributed by atoms with Gasteiger partial charge in [0.1, 0.15) is 12.1 Å². The van der Waals surface area contributed by atoms with Crippen LogP contribution in [0.2, 0.25) is 0 Å². The van der Waals surface area contributed by atoms with Gasteiger partial charge in [-0.3, -0.25) is 14.4 Å². The van der Waals surface area contributed by atoms with Crippen LogP contribution >= 0.6 is 0 Å². The predicted molar refractivity (Wildman–Crippen MR) is 64.8 cm³/mol. The Morgan fingerprint density at radius 2 is 2.26 bits per heavy atom. The Bertz CT molecular complexity index is 476. The van der Waals surface area contributed by atoms with Crippen LogP contribution in [0.4, 0.5) is 0 Å². The number of hydrogen-bond donors (Lipinski definition) is 2. The molecule has 0 saturated heterocycles. The van der Waals surface area contributed by atoms with Crippen molar-refractivity contribution in [3.8, 4) is 0 Å². The highest BCUT2D eigenvalue weighted by atomic mass is 16.7. The highest BCUT2D eigenvalue weighted by Gasteiger charge is 2.36. The zero-order chi connectivity index (χ0) is 13.8. The zero-order valence-electron chi connectivity index (χ0n) is 10.2. The van der Waals surface area contributed by atoms with Gasteiger partial charge in [0.15, 0.2) is 6.29 Å². The van der Waals surface area contributed by atoms with Crippen molar-refractivity contribution in [2.24, 2.45) is 0 Å². The van der Waals surface area contributed by atoms with E-state index >= 15 is 0 Å². The molecule has 2 atom stereocenters. The Kier molecular flexibility index (Phi) is 4.39. The molecule has 19 heavy (non-hydrogen) atoms. The summed E-state index contributed by atoms with van der Waals surface area (Å²) in [6, 6.07) is 6.47. The van der Waals surface area contributed by atoms with Crippen LogP contribution in [0.3, 0.4) is 0 Å². The molecule has 0 bridgehead atoms. The van der Waals surface area contributed by atoms with E-state index in [2.05, 4.69) is 0 Å². The van der Waals surface area contributed by atoms with Gasteiger partial charge >= 0.3 is 0 Å². The van der Waals surface area contributed by atoms with Crippen LogP contribution in [0.5, 0.6) is 0 Å². The van der Waals surface area contributed by atoms with Gasteiger partial charge < -0.3 is 10.2 Å². The molecule has 0 aromatic heterocycles. The molecule has 6 nitrogen and oxygen atoms in total. The third kappa shape index (κ3) is 2.87. The predicted octanol–water partition coefficient (Wildman–Crippen LogP) is -0.404. The molecule has 0 radical (unpaired) electrons. The van der Waals surface area contributed by atoms with Crippen molar-refractivity contribution in [3.63, 3.8) is 0 Å². The maximum absolute atomic E-state index is 11.7.